The molecular weight excluding hydrogens is 200 g/mol. The summed E-state index contributed by atoms with van der Waals surface area (Å²) in [4.78, 5) is 11.5. The standard InChI is InChI=1S/C13H22N2O/c14-12(11-5-6-11)9-13(16)15-8-7-10-3-1-2-4-10/h3,11-12H,1-2,4-9,14H2,(H,15,16). The van der Waals surface area contributed by atoms with E-state index in [1.165, 1.54) is 37.7 Å². The van der Waals surface area contributed by atoms with E-state index in [0.29, 0.717) is 12.3 Å². The Kier molecular flexibility index (Phi) is 3.99. The maximum Gasteiger partial charge on any atom is 0.221 e. The van der Waals surface area contributed by atoms with Gasteiger partial charge in [-0.2, -0.15) is 0 Å². The summed E-state index contributed by atoms with van der Waals surface area (Å²) in [6.07, 6.45) is 9.97. The molecule has 1 saturated carbocycles. The summed E-state index contributed by atoms with van der Waals surface area (Å²) in [5.74, 6) is 0.737. The van der Waals surface area contributed by atoms with Crippen LogP contribution in [0.4, 0.5) is 0 Å². The maximum absolute atomic E-state index is 11.5. The van der Waals surface area contributed by atoms with Crippen molar-refractivity contribution in [1.29, 1.82) is 0 Å². The van der Waals surface area contributed by atoms with Crippen molar-refractivity contribution in [3.05, 3.63) is 11.6 Å². The predicted octanol–water partition coefficient (Wildman–Crippen LogP) is 1.73. The molecule has 0 radical (unpaired) electrons. The van der Waals surface area contributed by atoms with Gasteiger partial charge in [0.05, 0.1) is 0 Å². The SMILES string of the molecule is NC(CC(=O)NCCC1=CCCC1)C1CC1. The zero-order chi connectivity index (χ0) is 11.4. The Labute approximate surface area is 97.5 Å². The number of nitrogens with two attached hydrogens (primary N) is 1. The number of hydrogen-bond acceptors (Lipinski definition) is 2. The fourth-order valence-electron chi connectivity index (χ4n) is 2.30. The van der Waals surface area contributed by atoms with Gasteiger partial charge in [0, 0.05) is 19.0 Å². The van der Waals surface area contributed by atoms with E-state index < -0.39 is 0 Å². The zero-order valence-corrected chi connectivity index (χ0v) is 9.87. The summed E-state index contributed by atoms with van der Waals surface area (Å²) in [6.45, 7) is 0.780. The molecule has 0 spiro atoms. The molecule has 16 heavy (non-hydrogen) atoms. The number of amides is 1. The first-order chi connectivity index (χ1) is 7.75. The first-order valence-corrected chi connectivity index (χ1v) is 6.46. The van der Waals surface area contributed by atoms with Crippen molar-refractivity contribution in [2.45, 2.75) is 51.0 Å². The van der Waals surface area contributed by atoms with Gasteiger partial charge < -0.3 is 11.1 Å². The lowest BCUT2D eigenvalue weighted by Crippen LogP contribution is -2.33. The molecule has 1 fully saturated rings. The van der Waals surface area contributed by atoms with Gasteiger partial charge in [-0.05, 0) is 44.4 Å². The molecular formula is C13H22N2O. The summed E-state index contributed by atoms with van der Waals surface area (Å²) in [5, 5.41) is 2.96. The lowest BCUT2D eigenvalue weighted by atomic mass is 10.1. The second kappa shape index (κ2) is 5.48. The molecule has 3 N–H and O–H groups in total. The van der Waals surface area contributed by atoms with Crippen molar-refractivity contribution < 1.29 is 4.79 Å². The molecule has 90 valence electrons. The molecule has 1 unspecified atom stereocenters. The average Bonchev–Trinajstić information content (AvgIpc) is 2.98. The fourth-order valence-corrected chi connectivity index (χ4v) is 2.30. The topological polar surface area (TPSA) is 55.1 Å². The molecule has 0 saturated heterocycles. The quantitative estimate of drug-likeness (QED) is 0.672. The van der Waals surface area contributed by atoms with Crippen LogP contribution in [0.15, 0.2) is 11.6 Å². The van der Waals surface area contributed by atoms with E-state index in [9.17, 15) is 4.79 Å². The number of rotatable bonds is 6. The van der Waals surface area contributed by atoms with Crippen LogP contribution >= 0.6 is 0 Å². The molecule has 0 aromatic rings. The highest BCUT2D eigenvalue weighted by Gasteiger charge is 2.29. The van der Waals surface area contributed by atoms with Gasteiger partial charge in [-0.25, -0.2) is 0 Å². The molecule has 0 heterocycles. The second-order valence-electron chi connectivity index (χ2n) is 5.06. The highest BCUT2D eigenvalue weighted by atomic mass is 16.1. The Morgan fingerprint density at radius 3 is 3.00 bits per heavy atom. The minimum absolute atomic E-state index is 0.0886. The number of carbonyl (C=O) groups excluding carboxylic acids is 1. The van der Waals surface area contributed by atoms with Gasteiger partial charge in [-0.1, -0.05) is 11.6 Å². The van der Waals surface area contributed by atoms with E-state index in [0.717, 1.165) is 13.0 Å². The molecule has 1 atom stereocenters. The number of carbonyl (C=O) groups is 1. The molecule has 3 heteroatoms. The minimum atomic E-state index is 0.0886. The number of nitrogens with one attached hydrogen (secondary N) is 1. The predicted molar refractivity (Wildman–Crippen MR) is 64.9 cm³/mol. The fraction of sp³-hybridized carbons (Fsp3) is 0.769. The Bertz CT molecular complexity index is 282. The minimum Gasteiger partial charge on any atom is -0.356 e. The summed E-state index contributed by atoms with van der Waals surface area (Å²) >= 11 is 0. The number of allylic oxidation sites excluding steroid dienone is 1. The van der Waals surface area contributed by atoms with Gasteiger partial charge in [-0.15, -0.1) is 0 Å². The number of hydrogen-bond donors (Lipinski definition) is 2. The lowest BCUT2D eigenvalue weighted by Gasteiger charge is -2.10. The van der Waals surface area contributed by atoms with Crippen molar-refractivity contribution in [3.63, 3.8) is 0 Å². The van der Waals surface area contributed by atoms with Crippen molar-refractivity contribution >= 4 is 5.91 Å². The van der Waals surface area contributed by atoms with Crippen LogP contribution in [-0.4, -0.2) is 18.5 Å². The van der Waals surface area contributed by atoms with Crippen LogP contribution in [0.3, 0.4) is 0 Å². The van der Waals surface area contributed by atoms with Crippen LogP contribution in [-0.2, 0) is 4.79 Å². The monoisotopic (exact) mass is 222 g/mol. The van der Waals surface area contributed by atoms with Crippen molar-refractivity contribution in [3.8, 4) is 0 Å². The zero-order valence-electron chi connectivity index (χ0n) is 9.87. The summed E-state index contributed by atoms with van der Waals surface area (Å²) in [6, 6.07) is 0.0886. The summed E-state index contributed by atoms with van der Waals surface area (Å²) < 4.78 is 0. The average molecular weight is 222 g/mol. The van der Waals surface area contributed by atoms with Crippen LogP contribution in [0.25, 0.3) is 0 Å². The van der Waals surface area contributed by atoms with E-state index in [2.05, 4.69) is 11.4 Å². The molecule has 2 rings (SSSR count). The van der Waals surface area contributed by atoms with E-state index in [-0.39, 0.29) is 11.9 Å². The summed E-state index contributed by atoms with van der Waals surface area (Å²) in [7, 11) is 0. The molecule has 1 amide bonds. The Morgan fingerprint density at radius 2 is 2.38 bits per heavy atom. The molecule has 0 aromatic carbocycles. The molecule has 3 nitrogen and oxygen atoms in total. The van der Waals surface area contributed by atoms with Crippen molar-refractivity contribution in [1.82, 2.24) is 5.32 Å². The Hall–Kier alpha value is -0.830. The van der Waals surface area contributed by atoms with Crippen LogP contribution in [0, 0.1) is 5.92 Å². The highest BCUT2D eigenvalue weighted by Crippen LogP contribution is 2.32. The maximum atomic E-state index is 11.5. The van der Waals surface area contributed by atoms with E-state index in [4.69, 9.17) is 5.73 Å². The van der Waals surface area contributed by atoms with Crippen molar-refractivity contribution in [2.24, 2.45) is 11.7 Å². The van der Waals surface area contributed by atoms with Crippen LogP contribution in [0.1, 0.15) is 44.9 Å². The molecule has 0 aromatic heterocycles. The third kappa shape index (κ3) is 3.63. The summed E-state index contributed by atoms with van der Waals surface area (Å²) in [5.41, 5.74) is 7.41. The second-order valence-corrected chi connectivity index (χ2v) is 5.06. The first kappa shape index (κ1) is 11.6. The molecule has 2 aliphatic carbocycles. The smallest absolute Gasteiger partial charge is 0.221 e. The van der Waals surface area contributed by atoms with Gasteiger partial charge in [0.1, 0.15) is 0 Å². The normalized spacial score (nSPS) is 21.7. The van der Waals surface area contributed by atoms with Crippen LogP contribution in [0.5, 0.6) is 0 Å². The van der Waals surface area contributed by atoms with E-state index >= 15 is 0 Å². The van der Waals surface area contributed by atoms with Gasteiger partial charge >= 0.3 is 0 Å². The third-order valence-corrected chi connectivity index (χ3v) is 3.55. The van der Waals surface area contributed by atoms with Gasteiger partial charge in [0.15, 0.2) is 0 Å². The van der Waals surface area contributed by atoms with Crippen LogP contribution in [0.2, 0.25) is 0 Å². The molecule has 0 bridgehead atoms. The van der Waals surface area contributed by atoms with E-state index in [1.807, 2.05) is 0 Å². The highest BCUT2D eigenvalue weighted by molar-refractivity contribution is 5.76. The Balaban J connectivity index is 1.56. The largest absolute Gasteiger partial charge is 0.356 e. The Morgan fingerprint density at radius 1 is 1.56 bits per heavy atom. The third-order valence-electron chi connectivity index (χ3n) is 3.55. The molecule has 0 aliphatic heterocycles. The van der Waals surface area contributed by atoms with Crippen LogP contribution < -0.4 is 11.1 Å². The van der Waals surface area contributed by atoms with Gasteiger partial charge in [0.25, 0.3) is 0 Å². The van der Waals surface area contributed by atoms with Gasteiger partial charge in [0.2, 0.25) is 5.91 Å². The van der Waals surface area contributed by atoms with Crippen molar-refractivity contribution in [2.75, 3.05) is 6.54 Å². The lowest BCUT2D eigenvalue weighted by molar-refractivity contribution is -0.121. The van der Waals surface area contributed by atoms with Gasteiger partial charge in [-0.3, -0.25) is 4.79 Å². The van der Waals surface area contributed by atoms with E-state index in [1.54, 1.807) is 0 Å². The molecule has 2 aliphatic rings. The first-order valence-electron chi connectivity index (χ1n) is 6.46.